The van der Waals surface area contributed by atoms with Crippen molar-refractivity contribution in [3.05, 3.63) is 30.7 Å². The van der Waals surface area contributed by atoms with Gasteiger partial charge in [0.15, 0.2) is 16.4 Å². The molecule has 0 saturated heterocycles. The first-order valence-electron chi connectivity index (χ1n) is 8.98. The van der Waals surface area contributed by atoms with Gasteiger partial charge in [0, 0.05) is 23.3 Å². The largest absolute Gasteiger partial charge is 0.368 e. The smallest absolute Gasteiger partial charge is 0.271 e. The Morgan fingerprint density at radius 1 is 1.29 bits per heavy atom. The van der Waals surface area contributed by atoms with Crippen LogP contribution >= 0.6 is 11.3 Å². The van der Waals surface area contributed by atoms with Crippen LogP contribution in [0.1, 0.15) is 19.3 Å². The predicted molar refractivity (Wildman–Crippen MR) is 112 cm³/mol. The fourth-order valence-electron chi connectivity index (χ4n) is 3.59. The van der Waals surface area contributed by atoms with E-state index in [0.29, 0.717) is 5.25 Å². The molecule has 10 heteroatoms. The third kappa shape index (κ3) is 2.28. The van der Waals surface area contributed by atoms with Crippen LogP contribution in [-0.2, 0) is 11.2 Å². The molecule has 0 bridgehead atoms. The summed E-state index contributed by atoms with van der Waals surface area (Å²) in [4.78, 5) is 13.9. The molecule has 0 aliphatic heterocycles. The first kappa shape index (κ1) is 16.3. The number of thiophene rings is 1. The zero-order chi connectivity index (χ0) is 18.8. The number of aromatic nitrogens is 6. The molecule has 1 unspecified atom stereocenters. The normalized spacial score (nSPS) is 16.2. The van der Waals surface area contributed by atoms with Crippen molar-refractivity contribution in [2.24, 2.45) is 0 Å². The van der Waals surface area contributed by atoms with Crippen LogP contribution in [0.3, 0.4) is 0 Å². The molecule has 5 aromatic rings. The standard InChI is InChI=1S/C18H16N7OS2/c19-18-20-7-9(8-21-18)12-6-11-13-4-5-22-25(13)24-15-14(11)16(23-12)27-17(15)28(26)10-2-1-3-10/h4-8,10,24,26H,1-3H2,(H2,19,20,21)/q+1. The van der Waals surface area contributed by atoms with Gasteiger partial charge in [-0.15, -0.1) is 0 Å². The van der Waals surface area contributed by atoms with Gasteiger partial charge in [-0.05, 0) is 31.4 Å². The molecule has 4 N–H and O–H groups in total. The van der Waals surface area contributed by atoms with Crippen molar-refractivity contribution in [3.8, 4) is 11.3 Å². The Hall–Kier alpha value is -2.69. The molecule has 28 heavy (non-hydrogen) atoms. The average Bonchev–Trinajstić information content (AvgIpc) is 3.27. The van der Waals surface area contributed by atoms with E-state index in [4.69, 9.17) is 10.7 Å². The van der Waals surface area contributed by atoms with E-state index in [-0.39, 0.29) is 5.95 Å². The number of hydrogen-bond acceptors (Lipinski definition) is 7. The number of rotatable bonds is 3. The fraction of sp³-hybridized carbons (Fsp3) is 0.222. The number of aromatic amines is 1. The highest BCUT2D eigenvalue weighted by molar-refractivity contribution is 7.94. The number of nitrogen functional groups attached to an aromatic ring is 1. The van der Waals surface area contributed by atoms with E-state index in [1.807, 2.05) is 12.1 Å². The van der Waals surface area contributed by atoms with E-state index in [2.05, 4.69) is 20.2 Å². The Bertz CT molecular complexity index is 1330. The van der Waals surface area contributed by atoms with Crippen LogP contribution in [0, 0.1) is 0 Å². The lowest BCUT2D eigenvalue weighted by atomic mass is 10.0. The summed E-state index contributed by atoms with van der Waals surface area (Å²) in [5.41, 5.74) is 9.09. The number of nitrogens with zero attached hydrogens (tertiary/aromatic N) is 5. The zero-order valence-corrected chi connectivity index (χ0v) is 16.3. The van der Waals surface area contributed by atoms with Crippen molar-refractivity contribution < 1.29 is 4.55 Å². The molecule has 1 fully saturated rings. The number of anilines is 1. The number of hydrogen-bond donors (Lipinski definition) is 3. The van der Waals surface area contributed by atoms with Gasteiger partial charge < -0.3 is 5.73 Å². The summed E-state index contributed by atoms with van der Waals surface area (Å²) >= 11 is 0.761. The maximum atomic E-state index is 11.0. The van der Waals surface area contributed by atoms with Crippen molar-refractivity contribution in [1.82, 2.24) is 29.8 Å². The molecule has 5 aromatic heterocycles. The van der Waals surface area contributed by atoms with Crippen molar-refractivity contribution in [1.29, 1.82) is 0 Å². The van der Waals surface area contributed by atoms with Gasteiger partial charge in [0.05, 0.1) is 22.8 Å². The molecule has 0 radical (unpaired) electrons. The molecule has 1 aliphatic carbocycles. The first-order chi connectivity index (χ1) is 13.7. The minimum atomic E-state index is -0.795. The number of H-pyrrole nitrogens is 1. The van der Waals surface area contributed by atoms with Gasteiger partial charge in [-0.1, -0.05) is 11.3 Å². The lowest BCUT2D eigenvalue weighted by Gasteiger charge is -2.19. The zero-order valence-electron chi connectivity index (χ0n) is 14.7. The lowest BCUT2D eigenvalue weighted by molar-refractivity contribution is 0.487. The molecule has 0 amide bonds. The third-order valence-electron chi connectivity index (χ3n) is 5.29. The lowest BCUT2D eigenvalue weighted by Crippen LogP contribution is -2.27. The van der Waals surface area contributed by atoms with Crippen molar-refractivity contribution in [2.45, 2.75) is 28.7 Å². The van der Waals surface area contributed by atoms with E-state index in [1.165, 1.54) is 6.42 Å². The maximum absolute atomic E-state index is 11.0. The second-order valence-electron chi connectivity index (χ2n) is 6.94. The summed E-state index contributed by atoms with van der Waals surface area (Å²) in [5.74, 6) is 0.235. The first-order valence-corrected chi connectivity index (χ1v) is 11.0. The predicted octanol–water partition coefficient (Wildman–Crippen LogP) is 3.47. The Kier molecular flexibility index (Phi) is 3.43. The van der Waals surface area contributed by atoms with Crippen molar-refractivity contribution in [2.75, 3.05) is 5.73 Å². The summed E-state index contributed by atoms with van der Waals surface area (Å²) in [7, 11) is 0. The topological polar surface area (TPSA) is 118 Å². The van der Waals surface area contributed by atoms with E-state index in [9.17, 15) is 4.55 Å². The molecule has 1 aliphatic rings. The number of nitrogens with one attached hydrogen (secondary N) is 1. The molecule has 8 nitrogen and oxygen atoms in total. The van der Waals surface area contributed by atoms with Crippen LogP contribution in [0.25, 0.3) is 37.9 Å². The number of fused-ring (bicyclic) bond motifs is 2. The van der Waals surface area contributed by atoms with Gasteiger partial charge in [-0.2, -0.15) is 14.3 Å². The van der Waals surface area contributed by atoms with Gasteiger partial charge in [0.1, 0.15) is 10.3 Å². The molecule has 140 valence electrons. The molecular formula is C18H16N7OS2+. The summed E-state index contributed by atoms with van der Waals surface area (Å²) < 4.78 is 13.7. The summed E-state index contributed by atoms with van der Waals surface area (Å²) in [6.07, 6.45) is 8.48. The summed E-state index contributed by atoms with van der Waals surface area (Å²) in [6.45, 7) is 0. The minimum Gasteiger partial charge on any atom is -0.368 e. The molecule has 0 spiro atoms. The van der Waals surface area contributed by atoms with E-state index in [0.717, 1.165) is 54.9 Å². The van der Waals surface area contributed by atoms with Crippen LogP contribution in [0.4, 0.5) is 5.95 Å². The molecule has 1 saturated carbocycles. The highest BCUT2D eigenvalue weighted by Gasteiger charge is 2.41. The van der Waals surface area contributed by atoms with Crippen molar-refractivity contribution in [3.63, 3.8) is 0 Å². The van der Waals surface area contributed by atoms with Crippen LogP contribution in [0.2, 0.25) is 0 Å². The van der Waals surface area contributed by atoms with E-state index in [1.54, 1.807) is 34.6 Å². The van der Waals surface area contributed by atoms with Crippen LogP contribution in [-0.4, -0.2) is 39.6 Å². The second-order valence-corrected chi connectivity index (χ2v) is 9.90. The molecule has 0 aromatic carbocycles. The van der Waals surface area contributed by atoms with Gasteiger partial charge in [-0.3, -0.25) is 5.10 Å². The van der Waals surface area contributed by atoms with Gasteiger partial charge >= 0.3 is 0 Å². The summed E-state index contributed by atoms with van der Waals surface area (Å²) in [5, 5.41) is 10.2. The third-order valence-corrected chi connectivity index (χ3v) is 8.62. The Morgan fingerprint density at radius 3 is 2.86 bits per heavy atom. The maximum Gasteiger partial charge on any atom is 0.271 e. The fourth-order valence-corrected chi connectivity index (χ4v) is 6.90. The Balaban J connectivity index is 1.66. The SMILES string of the molecule is Nc1ncc(-c2cc3c4c(n2)sc([S+](O)C2CCC2)c4[nH]n2nccc32)cn1. The molecule has 5 heterocycles. The van der Waals surface area contributed by atoms with E-state index >= 15 is 0 Å². The number of nitrogens with two attached hydrogens (primary N) is 1. The highest BCUT2D eigenvalue weighted by atomic mass is 32.2. The minimum absolute atomic E-state index is 0.235. The highest BCUT2D eigenvalue weighted by Crippen LogP contribution is 2.43. The second kappa shape index (κ2) is 5.90. The van der Waals surface area contributed by atoms with Crippen LogP contribution in [0.15, 0.2) is 34.9 Å². The van der Waals surface area contributed by atoms with Gasteiger partial charge in [0.2, 0.25) is 5.95 Å². The van der Waals surface area contributed by atoms with Gasteiger partial charge in [-0.25, -0.2) is 15.0 Å². The molecular weight excluding hydrogens is 394 g/mol. The van der Waals surface area contributed by atoms with Crippen LogP contribution in [0.5, 0.6) is 0 Å². The number of pyridine rings is 1. The van der Waals surface area contributed by atoms with E-state index < -0.39 is 11.2 Å². The quantitative estimate of drug-likeness (QED) is 0.392. The van der Waals surface area contributed by atoms with Crippen molar-refractivity contribution >= 4 is 55.1 Å². The summed E-state index contributed by atoms with van der Waals surface area (Å²) in [6, 6.07) is 4.00. The molecule has 6 rings (SSSR count). The average molecular weight is 411 g/mol. The van der Waals surface area contributed by atoms with Crippen LogP contribution < -0.4 is 5.73 Å². The Labute approximate surface area is 166 Å². The Morgan fingerprint density at radius 2 is 2.11 bits per heavy atom. The molecule has 1 atom stereocenters. The monoisotopic (exact) mass is 410 g/mol. The van der Waals surface area contributed by atoms with Gasteiger partial charge in [0.25, 0.3) is 4.21 Å².